The molecule has 0 bridgehead atoms. The number of benzene rings is 1. The fourth-order valence-electron chi connectivity index (χ4n) is 2.98. The molecule has 2 aliphatic rings. The Hall–Kier alpha value is -0.510. The summed E-state index contributed by atoms with van der Waals surface area (Å²) in [5, 5.41) is 3.89. The van der Waals surface area contributed by atoms with Crippen molar-refractivity contribution in [3.63, 3.8) is 0 Å². The molecule has 2 nitrogen and oxygen atoms in total. The number of thioether (sulfide) groups is 1. The summed E-state index contributed by atoms with van der Waals surface area (Å²) in [6.45, 7) is 2.47. The van der Waals surface area contributed by atoms with Crippen LogP contribution in [0.25, 0.3) is 0 Å². The second-order valence-corrected chi connectivity index (χ2v) is 6.54. The van der Waals surface area contributed by atoms with Crippen molar-refractivity contribution in [3.8, 4) is 0 Å². The number of hydrogen-bond acceptors (Lipinski definition) is 3. The summed E-state index contributed by atoms with van der Waals surface area (Å²) in [6.07, 6.45) is 2.58. The van der Waals surface area contributed by atoms with Gasteiger partial charge < -0.3 is 10.2 Å². The number of nitrogens with zero attached hydrogens (tertiary/aromatic N) is 1. The molecule has 0 aliphatic carbocycles. The van der Waals surface area contributed by atoms with Gasteiger partial charge in [0.2, 0.25) is 0 Å². The third kappa shape index (κ3) is 2.73. The molecule has 0 radical (unpaired) electrons. The quantitative estimate of drug-likeness (QED) is 0.882. The molecule has 1 atom stereocenters. The summed E-state index contributed by atoms with van der Waals surface area (Å²) in [5.41, 5.74) is 3.06. The van der Waals surface area contributed by atoms with E-state index in [9.17, 15) is 0 Å². The monoisotopic (exact) mass is 262 g/mol. The molecule has 1 aromatic carbocycles. The Morgan fingerprint density at radius 2 is 2.00 bits per heavy atom. The summed E-state index contributed by atoms with van der Waals surface area (Å²) in [7, 11) is 2.22. The van der Waals surface area contributed by atoms with Gasteiger partial charge in [0.1, 0.15) is 0 Å². The Bertz CT molecular complexity index is 399. The smallest absolute Gasteiger partial charge is 0.0417 e. The number of likely N-dealkylation sites (tertiary alicyclic amines) is 1. The molecule has 1 unspecified atom stereocenters. The van der Waals surface area contributed by atoms with Crippen LogP contribution in [0.2, 0.25) is 0 Å². The van der Waals surface area contributed by atoms with Crippen LogP contribution in [-0.4, -0.2) is 36.8 Å². The zero-order valence-corrected chi connectivity index (χ0v) is 11.9. The van der Waals surface area contributed by atoms with E-state index < -0.39 is 0 Å². The van der Waals surface area contributed by atoms with Crippen LogP contribution in [-0.2, 0) is 5.75 Å². The molecule has 0 saturated carbocycles. The Balaban J connectivity index is 1.67. The lowest BCUT2D eigenvalue weighted by molar-refractivity contribution is 0.227. The molecule has 98 valence electrons. The molecule has 1 saturated heterocycles. The Morgan fingerprint density at radius 3 is 2.83 bits per heavy atom. The van der Waals surface area contributed by atoms with Crippen LogP contribution in [0.1, 0.15) is 30.0 Å². The Labute approximate surface area is 114 Å². The fourth-order valence-corrected chi connectivity index (χ4v) is 4.09. The van der Waals surface area contributed by atoms with E-state index in [-0.39, 0.29) is 0 Å². The van der Waals surface area contributed by atoms with Crippen molar-refractivity contribution in [2.45, 2.75) is 30.7 Å². The largest absolute Gasteiger partial charge is 0.306 e. The van der Waals surface area contributed by atoms with Crippen LogP contribution in [0.5, 0.6) is 0 Å². The first-order valence-corrected chi connectivity index (χ1v) is 8.08. The number of fused-ring (bicyclic) bond motifs is 1. The van der Waals surface area contributed by atoms with E-state index in [1.807, 2.05) is 0 Å². The van der Waals surface area contributed by atoms with Crippen molar-refractivity contribution < 1.29 is 0 Å². The van der Waals surface area contributed by atoms with Crippen molar-refractivity contribution >= 4 is 11.8 Å². The lowest BCUT2D eigenvalue weighted by Gasteiger charge is -2.34. The summed E-state index contributed by atoms with van der Waals surface area (Å²) in [4.78, 5) is 2.43. The number of nitrogens with one attached hydrogen (secondary N) is 1. The van der Waals surface area contributed by atoms with E-state index >= 15 is 0 Å². The predicted octanol–water partition coefficient (Wildman–Crippen LogP) is 2.66. The zero-order chi connectivity index (χ0) is 12.4. The first-order valence-electron chi connectivity index (χ1n) is 6.93. The maximum atomic E-state index is 3.89. The molecule has 2 heterocycles. The number of piperidine rings is 1. The van der Waals surface area contributed by atoms with Crippen LogP contribution < -0.4 is 5.32 Å². The van der Waals surface area contributed by atoms with E-state index in [4.69, 9.17) is 0 Å². The average Bonchev–Trinajstić information content (AvgIpc) is 2.42. The Kier molecular flexibility index (Phi) is 3.92. The maximum absolute atomic E-state index is 3.89. The van der Waals surface area contributed by atoms with Gasteiger partial charge in [0, 0.05) is 23.6 Å². The molecular weight excluding hydrogens is 240 g/mol. The maximum Gasteiger partial charge on any atom is 0.0417 e. The summed E-state index contributed by atoms with van der Waals surface area (Å²) in [6, 6.07) is 10.2. The summed E-state index contributed by atoms with van der Waals surface area (Å²) >= 11 is 2.06. The standard InChI is InChI=1S/C15H22N2S/c1-17-8-6-13(7-9-17)16-15-11-18-10-12-4-2-3-5-14(12)15/h2-5,13,15-16H,6-11H2,1H3. The van der Waals surface area contributed by atoms with Gasteiger partial charge in [-0.3, -0.25) is 0 Å². The Morgan fingerprint density at radius 1 is 1.22 bits per heavy atom. The minimum Gasteiger partial charge on any atom is -0.306 e. The molecule has 18 heavy (non-hydrogen) atoms. The average molecular weight is 262 g/mol. The van der Waals surface area contributed by atoms with E-state index in [0.717, 1.165) is 0 Å². The minimum absolute atomic E-state index is 0.563. The summed E-state index contributed by atoms with van der Waals surface area (Å²) in [5.74, 6) is 2.41. The van der Waals surface area contributed by atoms with Gasteiger partial charge in [-0.15, -0.1) is 0 Å². The van der Waals surface area contributed by atoms with Crippen LogP contribution in [0, 0.1) is 0 Å². The van der Waals surface area contributed by atoms with Gasteiger partial charge in [0.25, 0.3) is 0 Å². The molecule has 3 heteroatoms. The topological polar surface area (TPSA) is 15.3 Å². The minimum atomic E-state index is 0.563. The van der Waals surface area contributed by atoms with Crippen molar-refractivity contribution in [2.24, 2.45) is 0 Å². The van der Waals surface area contributed by atoms with E-state index in [1.54, 1.807) is 0 Å². The molecule has 1 aromatic rings. The molecule has 0 aromatic heterocycles. The van der Waals surface area contributed by atoms with Gasteiger partial charge in [-0.25, -0.2) is 0 Å². The first-order chi connectivity index (χ1) is 8.83. The predicted molar refractivity (Wildman–Crippen MR) is 79.0 cm³/mol. The third-order valence-corrected chi connectivity index (χ3v) is 5.21. The van der Waals surface area contributed by atoms with Crippen molar-refractivity contribution in [2.75, 3.05) is 25.9 Å². The highest BCUT2D eigenvalue weighted by Gasteiger charge is 2.24. The second kappa shape index (κ2) is 5.64. The van der Waals surface area contributed by atoms with Crippen LogP contribution in [0.4, 0.5) is 0 Å². The van der Waals surface area contributed by atoms with E-state index in [0.29, 0.717) is 12.1 Å². The highest BCUT2D eigenvalue weighted by Crippen LogP contribution is 2.32. The molecule has 2 aliphatic heterocycles. The van der Waals surface area contributed by atoms with Gasteiger partial charge in [-0.2, -0.15) is 11.8 Å². The third-order valence-electron chi connectivity index (χ3n) is 4.13. The molecule has 0 amide bonds. The molecule has 1 N–H and O–H groups in total. The zero-order valence-electron chi connectivity index (χ0n) is 11.1. The SMILES string of the molecule is CN1CCC(NC2CSCc3ccccc32)CC1. The van der Waals surface area contributed by atoms with Gasteiger partial charge in [0.05, 0.1) is 0 Å². The lowest BCUT2D eigenvalue weighted by atomic mass is 9.98. The lowest BCUT2D eigenvalue weighted by Crippen LogP contribution is -2.43. The van der Waals surface area contributed by atoms with Gasteiger partial charge in [-0.1, -0.05) is 24.3 Å². The van der Waals surface area contributed by atoms with Crippen LogP contribution >= 0.6 is 11.8 Å². The van der Waals surface area contributed by atoms with Gasteiger partial charge in [0.15, 0.2) is 0 Å². The van der Waals surface area contributed by atoms with Crippen molar-refractivity contribution in [1.82, 2.24) is 10.2 Å². The number of hydrogen-bond donors (Lipinski definition) is 1. The normalized spacial score (nSPS) is 25.9. The van der Waals surface area contributed by atoms with Crippen molar-refractivity contribution in [1.29, 1.82) is 0 Å². The molecule has 1 fully saturated rings. The summed E-state index contributed by atoms with van der Waals surface area (Å²) < 4.78 is 0. The first kappa shape index (κ1) is 12.5. The van der Waals surface area contributed by atoms with Gasteiger partial charge >= 0.3 is 0 Å². The van der Waals surface area contributed by atoms with Gasteiger partial charge in [-0.05, 0) is 44.1 Å². The fraction of sp³-hybridized carbons (Fsp3) is 0.600. The van der Waals surface area contributed by atoms with E-state index in [1.165, 1.54) is 48.6 Å². The van der Waals surface area contributed by atoms with E-state index in [2.05, 4.69) is 53.3 Å². The van der Waals surface area contributed by atoms with Crippen LogP contribution in [0.15, 0.2) is 24.3 Å². The highest BCUT2D eigenvalue weighted by molar-refractivity contribution is 7.98. The highest BCUT2D eigenvalue weighted by atomic mass is 32.2. The molecule has 0 spiro atoms. The molecule has 3 rings (SSSR count). The second-order valence-electron chi connectivity index (χ2n) is 5.51. The van der Waals surface area contributed by atoms with Crippen LogP contribution in [0.3, 0.4) is 0 Å². The number of rotatable bonds is 2. The molecular formula is C15H22N2S. The van der Waals surface area contributed by atoms with Crippen molar-refractivity contribution in [3.05, 3.63) is 35.4 Å².